The first-order valence-electron chi connectivity index (χ1n) is 8.58. The van der Waals surface area contributed by atoms with Crippen LogP contribution >= 0.6 is 11.8 Å². The zero-order valence-corrected chi connectivity index (χ0v) is 16.3. The van der Waals surface area contributed by atoms with Crippen molar-refractivity contribution in [3.63, 3.8) is 0 Å². The maximum Gasteiger partial charge on any atom is 0.0560 e. The summed E-state index contributed by atoms with van der Waals surface area (Å²) in [6, 6.07) is 9.19. The van der Waals surface area contributed by atoms with Crippen LogP contribution in [0.3, 0.4) is 0 Å². The van der Waals surface area contributed by atoms with Crippen molar-refractivity contribution in [1.29, 1.82) is 0 Å². The van der Waals surface area contributed by atoms with Crippen LogP contribution in [0.1, 0.15) is 25.0 Å². The first kappa shape index (κ1) is 17.0. The predicted molar refractivity (Wildman–Crippen MR) is 108 cm³/mol. The van der Waals surface area contributed by atoms with Gasteiger partial charge in [-0.1, -0.05) is 25.6 Å². The minimum atomic E-state index is 1.03. The van der Waals surface area contributed by atoms with Crippen LogP contribution < -0.4 is 15.1 Å². The van der Waals surface area contributed by atoms with E-state index in [0.717, 1.165) is 12.8 Å². The van der Waals surface area contributed by atoms with Crippen LogP contribution in [0.2, 0.25) is 0 Å². The second kappa shape index (κ2) is 6.60. The third-order valence-corrected chi connectivity index (χ3v) is 5.69. The summed E-state index contributed by atoms with van der Waals surface area (Å²) in [5.74, 6) is 0. The lowest BCUT2D eigenvalue weighted by atomic mass is 10.1. The molecule has 3 rings (SSSR count). The van der Waals surface area contributed by atoms with Gasteiger partial charge in [-0.25, -0.2) is 0 Å². The Morgan fingerprint density at radius 2 is 1.17 bits per heavy atom. The van der Waals surface area contributed by atoms with Gasteiger partial charge in [0.25, 0.3) is 0 Å². The molecule has 0 unspecified atom stereocenters. The molecule has 0 atom stereocenters. The Kier molecular flexibility index (Phi) is 4.68. The summed E-state index contributed by atoms with van der Waals surface area (Å²) in [6.45, 7) is 4.46. The Bertz CT molecular complexity index is 702. The molecule has 0 bridgehead atoms. The van der Waals surface area contributed by atoms with Crippen LogP contribution in [0.25, 0.3) is 0 Å². The average molecular weight is 342 g/mol. The van der Waals surface area contributed by atoms with E-state index >= 15 is 0 Å². The van der Waals surface area contributed by atoms with Crippen molar-refractivity contribution in [2.24, 2.45) is 0 Å². The maximum absolute atomic E-state index is 3.75. The Morgan fingerprint density at radius 3 is 1.50 bits per heavy atom. The lowest BCUT2D eigenvalue weighted by molar-refractivity contribution is 1.06. The van der Waals surface area contributed by atoms with E-state index in [9.17, 15) is 0 Å². The van der Waals surface area contributed by atoms with E-state index in [1.54, 1.807) is 0 Å². The monoisotopic (exact) mass is 341 g/mol. The molecule has 3 nitrogen and oxygen atoms in total. The molecule has 0 radical (unpaired) electrons. The molecule has 0 saturated heterocycles. The number of nitrogens with zero attached hydrogens (tertiary/aromatic N) is 2. The second-order valence-corrected chi connectivity index (χ2v) is 7.76. The van der Waals surface area contributed by atoms with E-state index < -0.39 is 0 Å². The molecule has 0 spiro atoms. The molecule has 1 aliphatic rings. The molecule has 2 aromatic rings. The summed E-state index contributed by atoms with van der Waals surface area (Å²) in [5.41, 5.74) is 7.87. The van der Waals surface area contributed by atoms with Crippen LogP contribution in [0.5, 0.6) is 0 Å². The zero-order valence-electron chi connectivity index (χ0n) is 15.5. The number of rotatable bonds is 4. The quantitative estimate of drug-likeness (QED) is 0.707. The molecule has 0 aliphatic carbocycles. The van der Waals surface area contributed by atoms with Crippen LogP contribution in [0, 0.1) is 0 Å². The van der Waals surface area contributed by atoms with Crippen molar-refractivity contribution < 1.29 is 0 Å². The van der Waals surface area contributed by atoms with Gasteiger partial charge in [0.2, 0.25) is 0 Å². The fourth-order valence-corrected chi connectivity index (χ4v) is 4.24. The van der Waals surface area contributed by atoms with E-state index in [-0.39, 0.29) is 0 Å². The Balaban J connectivity index is 2.13. The van der Waals surface area contributed by atoms with Crippen LogP contribution in [0.15, 0.2) is 34.1 Å². The first-order valence-corrected chi connectivity index (χ1v) is 9.39. The highest BCUT2D eigenvalue weighted by Crippen LogP contribution is 2.49. The van der Waals surface area contributed by atoms with Crippen molar-refractivity contribution in [2.75, 3.05) is 43.3 Å². The van der Waals surface area contributed by atoms with Crippen LogP contribution in [-0.4, -0.2) is 28.2 Å². The summed E-state index contributed by atoms with van der Waals surface area (Å²) in [5, 5.41) is 3.75. The van der Waals surface area contributed by atoms with Crippen LogP contribution in [0.4, 0.5) is 22.7 Å². The lowest BCUT2D eigenvalue weighted by Crippen LogP contribution is -2.13. The highest BCUT2D eigenvalue weighted by atomic mass is 32.2. The third kappa shape index (κ3) is 2.95. The number of benzene rings is 2. The Hall–Kier alpha value is -1.81. The average Bonchev–Trinajstić information content (AvgIpc) is 2.57. The predicted octanol–water partition coefficient (Wildman–Crippen LogP) is 5.15. The van der Waals surface area contributed by atoms with Gasteiger partial charge in [0, 0.05) is 49.4 Å². The highest BCUT2D eigenvalue weighted by Gasteiger charge is 2.22. The minimum absolute atomic E-state index is 1.03. The van der Waals surface area contributed by atoms with Gasteiger partial charge in [0.1, 0.15) is 0 Å². The van der Waals surface area contributed by atoms with E-state index in [4.69, 9.17) is 0 Å². The van der Waals surface area contributed by atoms with Crippen molar-refractivity contribution in [3.05, 3.63) is 35.4 Å². The first-order chi connectivity index (χ1) is 11.4. The normalized spacial score (nSPS) is 12.2. The molecular weight excluding hydrogens is 314 g/mol. The highest BCUT2D eigenvalue weighted by molar-refractivity contribution is 7.99. The molecule has 1 aliphatic heterocycles. The fraction of sp³-hybridized carbons (Fsp3) is 0.400. The smallest absolute Gasteiger partial charge is 0.0560 e. The van der Waals surface area contributed by atoms with Gasteiger partial charge in [-0.05, 0) is 48.2 Å². The number of aryl methyl sites for hydroxylation is 2. The SMILES string of the molecule is CCc1cc(N(C)C)cc2c1Nc1c(CC)cc(N(C)C)cc1S2. The molecule has 0 aromatic heterocycles. The molecule has 0 saturated carbocycles. The van der Waals surface area contributed by atoms with Gasteiger partial charge in [0.05, 0.1) is 11.4 Å². The van der Waals surface area contributed by atoms with Crippen LogP contribution in [-0.2, 0) is 12.8 Å². The maximum atomic E-state index is 3.75. The Morgan fingerprint density at radius 1 is 0.750 bits per heavy atom. The molecule has 0 amide bonds. The van der Waals surface area contributed by atoms with Gasteiger partial charge in [0.15, 0.2) is 0 Å². The van der Waals surface area contributed by atoms with Crippen molar-refractivity contribution in [3.8, 4) is 0 Å². The van der Waals surface area contributed by atoms with Gasteiger partial charge in [-0.15, -0.1) is 0 Å². The molecule has 2 aromatic carbocycles. The molecule has 1 N–H and O–H groups in total. The summed E-state index contributed by atoms with van der Waals surface area (Å²) >= 11 is 1.89. The molecular formula is C20H27N3S. The topological polar surface area (TPSA) is 18.5 Å². The van der Waals surface area contributed by atoms with Crippen molar-refractivity contribution in [1.82, 2.24) is 0 Å². The van der Waals surface area contributed by atoms with Crippen molar-refractivity contribution in [2.45, 2.75) is 36.5 Å². The van der Waals surface area contributed by atoms with E-state index in [2.05, 4.69) is 81.4 Å². The number of fused-ring (bicyclic) bond motifs is 2. The largest absolute Gasteiger partial charge is 0.378 e. The number of hydrogen-bond donors (Lipinski definition) is 1. The standard InChI is InChI=1S/C20H27N3S/c1-7-13-9-15(22(3)4)11-17-19(13)21-20-14(8-2)10-16(23(5)6)12-18(20)24-17/h9-12,21H,7-8H2,1-6H3. The molecule has 24 heavy (non-hydrogen) atoms. The van der Waals surface area contributed by atoms with Crippen molar-refractivity contribution >= 4 is 34.5 Å². The molecule has 0 fully saturated rings. The van der Waals surface area contributed by atoms with Gasteiger partial charge >= 0.3 is 0 Å². The summed E-state index contributed by atoms with van der Waals surface area (Å²) in [7, 11) is 8.43. The molecule has 1 heterocycles. The minimum Gasteiger partial charge on any atom is -0.378 e. The van der Waals surface area contributed by atoms with E-state index in [0.29, 0.717) is 0 Å². The lowest BCUT2D eigenvalue weighted by Gasteiger charge is -2.28. The summed E-state index contributed by atoms with van der Waals surface area (Å²) in [4.78, 5) is 7.01. The van der Waals surface area contributed by atoms with E-state index in [1.807, 2.05) is 11.8 Å². The van der Waals surface area contributed by atoms with E-state index in [1.165, 1.54) is 43.7 Å². The summed E-state index contributed by atoms with van der Waals surface area (Å²) < 4.78 is 0. The summed E-state index contributed by atoms with van der Waals surface area (Å²) in [6.07, 6.45) is 2.06. The molecule has 128 valence electrons. The second-order valence-electron chi connectivity index (χ2n) is 6.68. The zero-order chi connectivity index (χ0) is 17.4. The number of hydrogen-bond acceptors (Lipinski definition) is 4. The van der Waals surface area contributed by atoms with Gasteiger partial charge in [-0.3, -0.25) is 0 Å². The Labute approximate surface area is 150 Å². The third-order valence-electron chi connectivity index (χ3n) is 4.60. The number of nitrogens with one attached hydrogen (secondary N) is 1. The molecule has 4 heteroatoms. The fourth-order valence-electron chi connectivity index (χ4n) is 3.08. The number of anilines is 4. The van der Waals surface area contributed by atoms with Gasteiger partial charge in [-0.2, -0.15) is 0 Å². The van der Waals surface area contributed by atoms with Gasteiger partial charge < -0.3 is 15.1 Å².